The summed E-state index contributed by atoms with van der Waals surface area (Å²) in [7, 11) is 0. The minimum atomic E-state index is 0.0370. The number of hydrogen-bond donors (Lipinski definition) is 0. The van der Waals surface area contributed by atoms with Crippen LogP contribution < -0.4 is 9.64 Å². The Hall–Kier alpha value is -3.60. The maximum Gasteiger partial charge on any atom is 0.227 e. The summed E-state index contributed by atoms with van der Waals surface area (Å²) in [5.41, 5.74) is 7.83. The number of aryl methyl sites for hydroxylation is 2. The maximum absolute atomic E-state index is 13.1. The normalized spacial score (nSPS) is 15.9. The number of benzene rings is 3. The van der Waals surface area contributed by atoms with Crippen LogP contribution in [-0.2, 0) is 11.3 Å². The molecule has 0 aliphatic carbocycles. The van der Waals surface area contributed by atoms with Crippen molar-refractivity contribution in [2.75, 3.05) is 18.1 Å². The van der Waals surface area contributed by atoms with Crippen LogP contribution in [-0.4, -0.2) is 28.6 Å². The fourth-order valence-corrected chi connectivity index (χ4v) is 5.27. The molecule has 1 aliphatic rings. The van der Waals surface area contributed by atoms with E-state index < -0.39 is 0 Å². The summed E-state index contributed by atoms with van der Waals surface area (Å²) in [6, 6.07) is 20.8. The predicted molar refractivity (Wildman–Crippen MR) is 146 cm³/mol. The molecule has 5 nitrogen and oxygen atoms in total. The molecule has 0 radical (unpaired) electrons. The summed E-state index contributed by atoms with van der Waals surface area (Å²) in [4.78, 5) is 20.1. The van der Waals surface area contributed by atoms with E-state index in [9.17, 15) is 4.79 Å². The molecule has 0 N–H and O–H groups in total. The van der Waals surface area contributed by atoms with Gasteiger partial charge < -0.3 is 14.2 Å². The highest BCUT2D eigenvalue weighted by Crippen LogP contribution is 2.35. The molecule has 1 fully saturated rings. The molecule has 186 valence electrons. The Bertz CT molecular complexity index is 1420. The Morgan fingerprint density at radius 1 is 1.03 bits per heavy atom. The van der Waals surface area contributed by atoms with E-state index in [4.69, 9.17) is 9.72 Å². The van der Waals surface area contributed by atoms with Crippen LogP contribution in [0.25, 0.3) is 11.0 Å². The van der Waals surface area contributed by atoms with Crippen molar-refractivity contribution < 1.29 is 9.53 Å². The number of aromatic nitrogens is 2. The summed E-state index contributed by atoms with van der Waals surface area (Å²) in [5.74, 6) is 2.51. The zero-order chi connectivity index (χ0) is 25.4. The third-order valence-electron chi connectivity index (χ3n) is 7.40. The monoisotopic (exact) mass is 481 g/mol. The molecule has 1 unspecified atom stereocenters. The molecule has 0 spiro atoms. The summed E-state index contributed by atoms with van der Waals surface area (Å²) < 4.78 is 8.59. The summed E-state index contributed by atoms with van der Waals surface area (Å²) >= 11 is 0. The highest BCUT2D eigenvalue weighted by atomic mass is 16.5. The van der Waals surface area contributed by atoms with Gasteiger partial charge >= 0.3 is 0 Å². The van der Waals surface area contributed by atoms with Crippen molar-refractivity contribution >= 4 is 22.6 Å². The molecule has 1 aromatic heterocycles. The lowest BCUT2D eigenvalue weighted by molar-refractivity contribution is -0.117. The largest absolute Gasteiger partial charge is 0.491 e. The molecule has 5 rings (SSSR count). The standard InChI is InChI=1S/C31H35N3O2/c1-20(2)25-14-13-21(3)17-29(25)36-16-15-33-28-11-7-6-10-26(28)32-31(33)24-18-30(35)34(19-24)27-12-8-9-22(4)23(27)5/h6-14,17,20,24H,15-16,18-19H2,1-5H3. The van der Waals surface area contributed by atoms with Crippen LogP contribution >= 0.6 is 0 Å². The van der Waals surface area contributed by atoms with Crippen LogP contribution in [0.5, 0.6) is 5.75 Å². The van der Waals surface area contributed by atoms with E-state index in [1.54, 1.807) is 0 Å². The highest BCUT2D eigenvalue weighted by Gasteiger charge is 2.35. The summed E-state index contributed by atoms with van der Waals surface area (Å²) in [5, 5.41) is 0. The van der Waals surface area contributed by atoms with Crippen molar-refractivity contribution in [2.24, 2.45) is 0 Å². The first-order chi connectivity index (χ1) is 17.3. The third-order valence-corrected chi connectivity index (χ3v) is 7.40. The van der Waals surface area contributed by atoms with Crippen molar-refractivity contribution in [1.82, 2.24) is 9.55 Å². The van der Waals surface area contributed by atoms with Crippen LogP contribution in [0.3, 0.4) is 0 Å². The zero-order valence-corrected chi connectivity index (χ0v) is 21.9. The zero-order valence-electron chi connectivity index (χ0n) is 21.9. The number of ether oxygens (including phenoxy) is 1. The number of carbonyl (C=O) groups excluding carboxylic acids is 1. The Morgan fingerprint density at radius 3 is 2.64 bits per heavy atom. The van der Waals surface area contributed by atoms with Crippen LogP contribution in [0, 0.1) is 20.8 Å². The van der Waals surface area contributed by atoms with Crippen molar-refractivity contribution in [1.29, 1.82) is 0 Å². The molecule has 4 aromatic rings. The number of carbonyl (C=O) groups is 1. The fraction of sp³-hybridized carbons (Fsp3) is 0.355. The molecule has 5 heteroatoms. The van der Waals surface area contributed by atoms with E-state index in [0.29, 0.717) is 32.0 Å². The van der Waals surface area contributed by atoms with E-state index in [1.807, 2.05) is 35.2 Å². The van der Waals surface area contributed by atoms with Crippen molar-refractivity contribution in [2.45, 2.75) is 59.4 Å². The number of imidazole rings is 1. The van der Waals surface area contributed by atoms with Gasteiger partial charge in [-0.25, -0.2) is 4.98 Å². The van der Waals surface area contributed by atoms with Gasteiger partial charge in [0.1, 0.15) is 18.2 Å². The van der Waals surface area contributed by atoms with Gasteiger partial charge in [0.25, 0.3) is 0 Å². The highest BCUT2D eigenvalue weighted by molar-refractivity contribution is 5.97. The van der Waals surface area contributed by atoms with E-state index in [-0.39, 0.29) is 11.8 Å². The van der Waals surface area contributed by atoms with E-state index >= 15 is 0 Å². The average molecular weight is 482 g/mol. The molecule has 1 aliphatic heterocycles. The van der Waals surface area contributed by atoms with Crippen molar-refractivity contribution in [3.8, 4) is 5.75 Å². The Morgan fingerprint density at radius 2 is 1.83 bits per heavy atom. The van der Waals surface area contributed by atoms with Gasteiger partial charge in [-0.2, -0.15) is 0 Å². The van der Waals surface area contributed by atoms with Gasteiger partial charge in [0.2, 0.25) is 5.91 Å². The van der Waals surface area contributed by atoms with Crippen molar-refractivity contribution in [3.63, 3.8) is 0 Å². The molecule has 1 atom stereocenters. The fourth-order valence-electron chi connectivity index (χ4n) is 5.27. The molecular weight excluding hydrogens is 446 g/mol. The lowest BCUT2D eigenvalue weighted by Gasteiger charge is -2.20. The minimum absolute atomic E-state index is 0.0370. The van der Waals surface area contributed by atoms with Gasteiger partial charge in [-0.1, -0.05) is 50.2 Å². The molecule has 1 amide bonds. The van der Waals surface area contributed by atoms with E-state index in [1.165, 1.54) is 16.7 Å². The number of amides is 1. The number of hydrogen-bond acceptors (Lipinski definition) is 3. The number of rotatable bonds is 7. The topological polar surface area (TPSA) is 47.4 Å². The summed E-state index contributed by atoms with van der Waals surface area (Å²) in [6.45, 7) is 12.5. The molecule has 1 saturated heterocycles. The number of para-hydroxylation sites is 2. The van der Waals surface area contributed by atoms with Gasteiger partial charge in [0.05, 0.1) is 17.6 Å². The predicted octanol–water partition coefficient (Wildman–Crippen LogP) is 6.68. The van der Waals surface area contributed by atoms with Gasteiger partial charge in [-0.05, 0) is 73.2 Å². The van der Waals surface area contributed by atoms with Gasteiger partial charge in [-0.3, -0.25) is 4.79 Å². The Labute approximate surface area is 213 Å². The first kappa shape index (κ1) is 24.1. The second-order valence-electron chi connectivity index (χ2n) is 10.3. The van der Waals surface area contributed by atoms with Crippen LogP contribution in [0.1, 0.15) is 60.2 Å². The number of nitrogens with zero attached hydrogens (tertiary/aromatic N) is 3. The van der Waals surface area contributed by atoms with E-state index in [0.717, 1.165) is 33.9 Å². The molecule has 0 saturated carbocycles. The maximum atomic E-state index is 13.1. The quantitative estimate of drug-likeness (QED) is 0.296. The molecule has 0 bridgehead atoms. The summed E-state index contributed by atoms with van der Waals surface area (Å²) in [6.07, 6.45) is 0.465. The molecular formula is C31H35N3O2. The lowest BCUT2D eigenvalue weighted by Crippen LogP contribution is -2.25. The Kier molecular flexibility index (Phi) is 6.57. The molecule has 36 heavy (non-hydrogen) atoms. The molecule has 3 aromatic carbocycles. The second kappa shape index (κ2) is 9.81. The van der Waals surface area contributed by atoms with Gasteiger partial charge in [-0.15, -0.1) is 0 Å². The third kappa shape index (κ3) is 4.50. The lowest BCUT2D eigenvalue weighted by atomic mass is 10.0. The average Bonchev–Trinajstić information content (AvgIpc) is 3.41. The smallest absolute Gasteiger partial charge is 0.227 e. The van der Waals surface area contributed by atoms with E-state index in [2.05, 4.69) is 69.5 Å². The SMILES string of the molecule is Cc1ccc(C(C)C)c(OCCn2c(C3CC(=O)N(c4cccc(C)c4C)C3)nc3ccccc32)c1. The number of anilines is 1. The number of fused-ring (bicyclic) bond motifs is 1. The van der Waals surface area contributed by atoms with Crippen LogP contribution in [0.2, 0.25) is 0 Å². The first-order valence-corrected chi connectivity index (χ1v) is 12.9. The minimum Gasteiger partial charge on any atom is -0.491 e. The Balaban J connectivity index is 1.42. The first-order valence-electron chi connectivity index (χ1n) is 12.9. The second-order valence-corrected chi connectivity index (χ2v) is 10.3. The van der Waals surface area contributed by atoms with Gasteiger partial charge in [0, 0.05) is 24.6 Å². The van der Waals surface area contributed by atoms with Crippen LogP contribution in [0.4, 0.5) is 5.69 Å². The van der Waals surface area contributed by atoms with Crippen molar-refractivity contribution in [3.05, 3.63) is 88.7 Å². The van der Waals surface area contributed by atoms with Gasteiger partial charge in [0.15, 0.2) is 0 Å². The molecule has 2 heterocycles. The van der Waals surface area contributed by atoms with Crippen LogP contribution in [0.15, 0.2) is 60.7 Å².